The molecule has 0 heterocycles. The van der Waals surface area contributed by atoms with Crippen molar-refractivity contribution in [2.45, 2.75) is 0 Å². The van der Waals surface area contributed by atoms with Gasteiger partial charge in [0.1, 0.15) is 0 Å². The van der Waals surface area contributed by atoms with Crippen LogP contribution in [0.15, 0.2) is 43.5 Å². The first-order valence-electron chi connectivity index (χ1n) is 5.77. The van der Waals surface area contributed by atoms with Gasteiger partial charge in [-0.2, -0.15) is 0 Å². The average Bonchev–Trinajstić information content (AvgIpc) is 2.42. The van der Waals surface area contributed by atoms with Gasteiger partial charge in [0.15, 0.2) is 0 Å². The van der Waals surface area contributed by atoms with Crippen LogP contribution in [0.1, 0.15) is 0 Å². The van der Waals surface area contributed by atoms with Crippen LogP contribution in [0.4, 0.5) is 5.69 Å². The number of benzene rings is 1. The standard InChI is InChI=1S/C14H14Cl2N2O2/c1-3-8-18(9-4-2)14(20)13(19)17-11-7-5-6-10(15)12(11)16/h3-7H,1-2,8-9H2,(H,17,19). The zero-order valence-corrected chi connectivity index (χ0v) is 12.2. The Morgan fingerprint density at radius 1 is 1.20 bits per heavy atom. The average molecular weight is 313 g/mol. The molecule has 0 radical (unpaired) electrons. The summed E-state index contributed by atoms with van der Waals surface area (Å²) in [5.74, 6) is -1.49. The number of anilines is 1. The Hall–Kier alpha value is -1.78. The fourth-order valence-electron chi connectivity index (χ4n) is 1.47. The zero-order valence-electron chi connectivity index (χ0n) is 10.7. The molecule has 6 heteroatoms. The van der Waals surface area contributed by atoms with E-state index in [9.17, 15) is 9.59 Å². The molecule has 0 unspecified atom stereocenters. The van der Waals surface area contributed by atoms with Gasteiger partial charge < -0.3 is 10.2 Å². The summed E-state index contributed by atoms with van der Waals surface area (Å²) < 4.78 is 0. The van der Waals surface area contributed by atoms with E-state index >= 15 is 0 Å². The highest BCUT2D eigenvalue weighted by Crippen LogP contribution is 2.29. The molecule has 0 aliphatic carbocycles. The van der Waals surface area contributed by atoms with E-state index in [0.29, 0.717) is 5.02 Å². The molecule has 20 heavy (non-hydrogen) atoms. The maximum atomic E-state index is 12.0. The molecule has 0 saturated carbocycles. The molecule has 0 saturated heterocycles. The van der Waals surface area contributed by atoms with Gasteiger partial charge >= 0.3 is 11.8 Å². The van der Waals surface area contributed by atoms with Gasteiger partial charge in [0, 0.05) is 13.1 Å². The molecule has 0 bridgehead atoms. The van der Waals surface area contributed by atoms with Gasteiger partial charge in [0.25, 0.3) is 0 Å². The van der Waals surface area contributed by atoms with E-state index < -0.39 is 11.8 Å². The van der Waals surface area contributed by atoms with E-state index in [1.807, 2.05) is 0 Å². The van der Waals surface area contributed by atoms with E-state index in [-0.39, 0.29) is 23.8 Å². The zero-order chi connectivity index (χ0) is 15.1. The largest absolute Gasteiger partial charge is 0.327 e. The van der Waals surface area contributed by atoms with E-state index in [2.05, 4.69) is 18.5 Å². The Balaban J connectivity index is 2.83. The van der Waals surface area contributed by atoms with Gasteiger partial charge in [0.05, 0.1) is 15.7 Å². The van der Waals surface area contributed by atoms with Crippen molar-refractivity contribution in [1.82, 2.24) is 4.90 Å². The number of carbonyl (C=O) groups excluding carboxylic acids is 2. The van der Waals surface area contributed by atoms with Crippen molar-refractivity contribution in [3.05, 3.63) is 53.6 Å². The molecular weight excluding hydrogens is 299 g/mol. The van der Waals surface area contributed by atoms with Gasteiger partial charge in [0.2, 0.25) is 0 Å². The second-order valence-electron chi connectivity index (χ2n) is 3.84. The lowest BCUT2D eigenvalue weighted by molar-refractivity contribution is -0.142. The summed E-state index contributed by atoms with van der Waals surface area (Å²) >= 11 is 11.8. The number of carbonyl (C=O) groups is 2. The molecule has 1 rings (SSSR count). The van der Waals surface area contributed by atoms with Crippen LogP contribution in [0.25, 0.3) is 0 Å². The van der Waals surface area contributed by atoms with Crippen LogP contribution in [0.3, 0.4) is 0 Å². The number of halogens is 2. The SMILES string of the molecule is C=CCN(CC=C)C(=O)C(=O)Nc1cccc(Cl)c1Cl. The summed E-state index contributed by atoms with van der Waals surface area (Å²) in [5, 5.41) is 2.92. The van der Waals surface area contributed by atoms with Crippen LogP contribution in [0, 0.1) is 0 Å². The van der Waals surface area contributed by atoms with Crippen LogP contribution in [0.5, 0.6) is 0 Å². The fraction of sp³-hybridized carbons (Fsp3) is 0.143. The third-order valence-corrected chi connectivity index (χ3v) is 3.20. The van der Waals surface area contributed by atoms with Crippen molar-refractivity contribution in [2.24, 2.45) is 0 Å². The predicted octanol–water partition coefficient (Wildman–Crippen LogP) is 3.13. The maximum absolute atomic E-state index is 12.0. The molecule has 4 nitrogen and oxygen atoms in total. The minimum Gasteiger partial charge on any atom is -0.327 e. The summed E-state index contributed by atoms with van der Waals surface area (Å²) in [7, 11) is 0. The molecule has 0 aliphatic rings. The highest BCUT2D eigenvalue weighted by molar-refractivity contribution is 6.45. The first-order valence-corrected chi connectivity index (χ1v) is 6.53. The number of amides is 2. The number of hydrogen-bond donors (Lipinski definition) is 1. The van der Waals surface area contributed by atoms with Crippen molar-refractivity contribution in [3.63, 3.8) is 0 Å². The van der Waals surface area contributed by atoms with Crippen molar-refractivity contribution in [3.8, 4) is 0 Å². The first-order chi connectivity index (χ1) is 9.51. The molecule has 106 valence electrons. The summed E-state index contributed by atoms with van der Waals surface area (Å²) in [4.78, 5) is 25.2. The summed E-state index contributed by atoms with van der Waals surface area (Å²) in [6, 6.07) is 4.77. The van der Waals surface area contributed by atoms with Crippen LogP contribution in [-0.4, -0.2) is 29.8 Å². The van der Waals surface area contributed by atoms with Gasteiger partial charge in [-0.1, -0.05) is 41.4 Å². The Labute approximate surface area is 127 Å². The van der Waals surface area contributed by atoms with Crippen molar-refractivity contribution < 1.29 is 9.59 Å². The topological polar surface area (TPSA) is 49.4 Å². The number of nitrogens with one attached hydrogen (secondary N) is 1. The van der Waals surface area contributed by atoms with Gasteiger partial charge in [-0.3, -0.25) is 9.59 Å². The molecule has 1 aromatic carbocycles. The lowest BCUT2D eigenvalue weighted by Gasteiger charge is -2.18. The Morgan fingerprint density at radius 3 is 2.35 bits per heavy atom. The summed E-state index contributed by atoms with van der Waals surface area (Å²) in [6.07, 6.45) is 3.06. The molecular formula is C14H14Cl2N2O2. The molecule has 0 atom stereocenters. The third kappa shape index (κ3) is 4.11. The normalized spacial score (nSPS) is 9.70. The van der Waals surface area contributed by atoms with Crippen LogP contribution < -0.4 is 5.32 Å². The fourth-order valence-corrected chi connectivity index (χ4v) is 1.82. The minimum absolute atomic E-state index is 0.189. The van der Waals surface area contributed by atoms with Crippen molar-refractivity contribution in [1.29, 1.82) is 0 Å². The lowest BCUT2D eigenvalue weighted by atomic mass is 10.3. The molecule has 1 aromatic rings. The third-order valence-electron chi connectivity index (χ3n) is 2.38. The summed E-state index contributed by atoms with van der Waals surface area (Å²) in [5.41, 5.74) is 0.287. The first kappa shape index (κ1) is 16.3. The lowest BCUT2D eigenvalue weighted by Crippen LogP contribution is -2.39. The van der Waals surface area contributed by atoms with Gasteiger partial charge in [-0.25, -0.2) is 0 Å². The van der Waals surface area contributed by atoms with E-state index in [0.717, 1.165) is 0 Å². The second-order valence-corrected chi connectivity index (χ2v) is 4.63. The highest BCUT2D eigenvalue weighted by atomic mass is 35.5. The molecule has 1 N–H and O–H groups in total. The number of hydrogen-bond acceptors (Lipinski definition) is 2. The van der Waals surface area contributed by atoms with Crippen molar-refractivity contribution in [2.75, 3.05) is 18.4 Å². The molecule has 0 aliphatic heterocycles. The van der Waals surface area contributed by atoms with Crippen molar-refractivity contribution >= 4 is 40.7 Å². The highest BCUT2D eigenvalue weighted by Gasteiger charge is 2.21. The van der Waals surface area contributed by atoms with Crippen LogP contribution in [0.2, 0.25) is 10.0 Å². The molecule has 0 fully saturated rings. The van der Waals surface area contributed by atoms with E-state index in [1.54, 1.807) is 18.2 Å². The Bertz CT molecular complexity index is 534. The molecule has 0 aromatic heterocycles. The monoisotopic (exact) mass is 312 g/mol. The smallest absolute Gasteiger partial charge is 0.313 e. The molecule has 2 amide bonds. The van der Waals surface area contributed by atoms with Gasteiger partial charge in [-0.15, -0.1) is 13.2 Å². The predicted molar refractivity (Wildman–Crippen MR) is 82.1 cm³/mol. The van der Waals surface area contributed by atoms with Crippen LogP contribution >= 0.6 is 23.2 Å². The number of rotatable bonds is 5. The van der Waals surface area contributed by atoms with E-state index in [1.165, 1.54) is 17.1 Å². The quantitative estimate of drug-likeness (QED) is 0.671. The van der Waals surface area contributed by atoms with E-state index in [4.69, 9.17) is 23.2 Å². The van der Waals surface area contributed by atoms with Crippen LogP contribution in [-0.2, 0) is 9.59 Å². The Kier molecular flexibility index (Phi) is 6.28. The molecule has 0 spiro atoms. The minimum atomic E-state index is -0.794. The number of nitrogens with zero attached hydrogens (tertiary/aromatic N) is 1. The maximum Gasteiger partial charge on any atom is 0.313 e. The van der Waals surface area contributed by atoms with Gasteiger partial charge in [-0.05, 0) is 12.1 Å². The summed E-state index contributed by atoms with van der Waals surface area (Å²) in [6.45, 7) is 7.57. The second kappa shape index (κ2) is 7.72. The Morgan fingerprint density at radius 2 is 1.80 bits per heavy atom.